The second kappa shape index (κ2) is 6.06. The second-order valence-corrected chi connectivity index (χ2v) is 5.27. The molecule has 1 saturated heterocycles. The van der Waals surface area contributed by atoms with Crippen molar-refractivity contribution < 1.29 is 9.69 Å². The van der Waals surface area contributed by atoms with Gasteiger partial charge >= 0.3 is 0 Å². The van der Waals surface area contributed by atoms with Crippen molar-refractivity contribution in [3.63, 3.8) is 0 Å². The molecule has 1 aromatic rings. The van der Waals surface area contributed by atoms with E-state index in [1.807, 2.05) is 6.92 Å². The van der Waals surface area contributed by atoms with Crippen LogP contribution in [0.1, 0.15) is 12.5 Å². The number of hydrogen-bond donors (Lipinski definition) is 2. The third kappa shape index (κ3) is 3.07. The van der Waals surface area contributed by atoms with Gasteiger partial charge in [0.2, 0.25) is 0 Å². The van der Waals surface area contributed by atoms with Gasteiger partial charge in [0, 0.05) is 12.7 Å². The van der Waals surface area contributed by atoms with Gasteiger partial charge in [-0.3, -0.25) is 4.79 Å². The number of nitrogens with zero attached hydrogens (tertiary/aromatic N) is 1. The molecule has 1 fully saturated rings. The molecular weight excluding hydrogens is 238 g/mol. The molecule has 0 aromatic heterocycles. The van der Waals surface area contributed by atoms with Gasteiger partial charge in [-0.1, -0.05) is 18.2 Å². The molecule has 4 heteroatoms. The number of hydrogen-bond acceptors (Lipinski definition) is 2. The largest absolute Gasteiger partial charge is 0.360 e. The Bertz CT molecular complexity index is 439. The Balaban J connectivity index is 1.96. The molecular formula is C15H24N3O+. The summed E-state index contributed by atoms with van der Waals surface area (Å²) in [6.07, 6.45) is 0. The summed E-state index contributed by atoms with van der Waals surface area (Å²) in [5, 5.41) is 2.74. The van der Waals surface area contributed by atoms with E-state index in [2.05, 4.69) is 41.4 Å². The van der Waals surface area contributed by atoms with Gasteiger partial charge in [0.1, 0.15) is 0 Å². The monoisotopic (exact) mass is 262 g/mol. The highest BCUT2D eigenvalue weighted by Crippen LogP contribution is 2.18. The van der Waals surface area contributed by atoms with Gasteiger partial charge in [-0.2, -0.15) is 0 Å². The van der Waals surface area contributed by atoms with Gasteiger partial charge in [-0.15, -0.1) is 0 Å². The van der Waals surface area contributed by atoms with Crippen LogP contribution in [0, 0.1) is 6.92 Å². The van der Waals surface area contributed by atoms with E-state index >= 15 is 0 Å². The molecule has 1 aliphatic rings. The van der Waals surface area contributed by atoms with Crippen molar-refractivity contribution in [3.8, 4) is 0 Å². The predicted molar refractivity (Wildman–Crippen MR) is 77.6 cm³/mol. The minimum atomic E-state index is 0.0454. The zero-order chi connectivity index (χ0) is 13.8. The maximum Gasteiger partial charge on any atom is 0.277 e. The number of carbonyl (C=O) groups is 1. The summed E-state index contributed by atoms with van der Waals surface area (Å²) in [6, 6.07) is 8.55. The second-order valence-electron chi connectivity index (χ2n) is 5.27. The van der Waals surface area contributed by atoms with Crippen LogP contribution in [0.4, 0.5) is 5.69 Å². The number of benzene rings is 1. The Kier molecular flexibility index (Phi) is 4.43. The normalized spacial score (nSPS) is 18.2. The number of carbonyl (C=O) groups excluding carboxylic acids is 1. The van der Waals surface area contributed by atoms with Crippen molar-refractivity contribution in [1.29, 1.82) is 0 Å². The minimum absolute atomic E-state index is 0.0454. The van der Waals surface area contributed by atoms with Crippen LogP contribution in [-0.2, 0) is 4.79 Å². The Morgan fingerprint density at radius 3 is 2.53 bits per heavy atom. The molecule has 0 unspecified atom stereocenters. The molecule has 1 atom stereocenters. The Morgan fingerprint density at radius 1 is 1.32 bits per heavy atom. The maximum atomic E-state index is 11.7. The van der Waals surface area contributed by atoms with Gasteiger partial charge in [0.15, 0.2) is 6.04 Å². The Hall–Kier alpha value is -1.55. The van der Waals surface area contributed by atoms with Gasteiger partial charge < -0.3 is 15.1 Å². The SMILES string of the molecule is CNC(=O)[C@@H](C)[NH+]1CCN(c2ccccc2C)CC1. The molecule has 19 heavy (non-hydrogen) atoms. The predicted octanol–water partition coefficient (Wildman–Crippen LogP) is -0.166. The number of rotatable bonds is 3. The lowest BCUT2D eigenvalue weighted by Crippen LogP contribution is -3.19. The fraction of sp³-hybridized carbons (Fsp3) is 0.533. The summed E-state index contributed by atoms with van der Waals surface area (Å²) in [6.45, 7) is 8.23. The van der Waals surface area contributed by atoms with Crippen LogP contribution in [0.2, 0.25) is 0 Å². The van der Waals surface area contributed by atoms with Crippen LogP contribution in [0.3, 0.4) is 0 Å². The molecule has 1 aliphatic heterocycles. The summed E-state index contributed by atoms with van der Waals surface area (Å²) in [5.41, 5.74) is 2.65. The summed E-state index contributed by atoms with van der Waals surface area (Å²) < 4.78 is 0. The van der Waals surface area contributed by atoms with E-state index in [-0.39, 0.29) is 11.9 Å². The van der Waals surface area contributed by atoms with Crippen LogP contribution in [0.25, 0.3) is 0 Å². The minimum Gasteiger partial charge on any atom is -0.360 e. The molecule has 0 saturated carbocycles. The van der Waals surface area contributed by atoms with Crippen LogP contribution >= 0.6 is 0 Å². The van der Waals surface area contributed by atoms with Crippen molar-refractivity contribution in [3.05, 3.63) is 29.8 Å². The number of para-hydroxylation sites is 1. The van der Waals surface area contributed by atoms with E-state index in [0.717, 1.165) is 26.2 Å². The average molecular weight is 262 g/mol. The molecule has 0 aliphatic carbocycles. The van der Waals surface area contributed by atoms with E-state index in [4.69, 9.17) is 0 Å². The summed E-state index contributed by atoms with van der Waals surface area (Å²) in [4.78, 5) is 15.5. The number of anilines is 1. The van der Waals surface area contributed by atoms with E-state index in [1.165, 1.54) is 16.2 Å². The van der Waals surface area contributed by atoms with E-state index < -0.39 is 0 Å². The van der Waals surface area contributed by atoms with Crippen molar-refractivity contribution >= 4 is 11.6 Å². The lowest BCUT2D eigenvalue weighted by atomic mass is 10.1. The van der Waals surface area contributed by atoms with Crippen molar-refractivity contribution in [2.24, 2.45) is 0 Å². The highest BCUT2D eigenvalue weighted by Gasteiger charge is 2.28. The quantitative estimate of drug-likeness (QED) is 0.794. The molecule has 2 N–H and O–H groups in total. The number of amides is 1. The first-order valence-electron chi connectivity index (χ1n) is 7.00. The molecule has 1 aromatic carbocycles. The van der Waals surface area contributed by atoms with Crippen LogP contribution < -0.4 is 15.1 Å². The Labute approximate surface area is 115 Å². The average Bonchev–Trinajstić information content (AvgIpc) is 2.46. The first-order chi connectivity index (χ1) is 9.13. The number of likely N-dealkylation sites (N-methyl/N-ethyl adjacent to an activating group) is 1. The first kappa shape index (κ1) is 13.9. The lowest BCUT2D eigenvalue weighted by Gasteiger charge is -2.36. The fourth-order valence-electron chi connectivity index (χ4n) is 2.79. The summed E-state index contributed by atoms with van der Waals surface area (Å²) >= 11 is 0. The molecule has 0 spiro atoms. The molecule has 104 valence electrons. The van der Waals surface area contributed by atoms with Crippen molar-refractivity contribution in [2.45, 2.75) is 19.9 Å². The van der Waals surface area contributed by atoms with Gasteiger partial charge in [0.05, 0.1) is 26.2 Å². The number of aryl methyl sites for hydroxylation is 1. The van der Waals surface area contributed by atoms with Crippen molar-refractivity contribution in [2.75, 3.05) is 38.1 Å². The standard InChI is InChI=1S/C15H23N3O/c1-12-6-4-5-7-14(12)18-10-8-17(9-11-18)13(2)15(19)16-3/h4-7,13H,8-11H2,1-3H3,(H,16,19)/p+1/t13-/m1/s1. The maximum absolute atomic E-state index is 11.7. The first-order valence-corrected chi connectivity index (χ1v) is 7.00. The number of quaternary nitrogens is 1. The van der Waals surface area contributed by atoms with Gasteiger partial charge in [0.25, 0.3) is 5.91 Å². The van der Waals surface area contributed by atoms with E-state index in [1.54, 1.807) is 7.05 Å². The van der Waals surface area contributed by atoms with Gasteiger partial charge in [-0.25, -0.2) is 0 Å². The zero-order valence-electron chi connectivity index (χ0n) is 12.1. The highest BCUT2D eigenvalue weighted by atomic mass is 16.2. The lowest BCUT2D eigenvalue weighted by molar-refractivity contribution is -0.914. The molecule has 2 rings (SSSR count). The summed E-state index contributed by atoms with van der Waals surface area (Å²) in [7, 11) is 1.71. The number of piperazine rings is 1. The van der Waals surface area contributed by atoms with E-state index in [0.29, 0.717) is 0 Å². The third-order valence-electron chi connectivity index (χ3n) is 4.11. The third-order valence-corrected chi connectivity index (χ3v) is 4.11. The topological polar surface area (TPSA) is 36.8 Å². The number of nitrogens with one attached hydrogen (secondary N) is 2. The van der Waals surface area contributed by atoms with Crippen LogP contribution in [0.15, 0.2) is 24.3 Å². The molecule has 1 heterocycles. The van der Waals surface area contributed by atoms with E-state index in [9.17, 15) is 4.79 Å². The fourth-order valence-corrected chi connectivity index (χ4v) is 2.79. The highest BCUT2D eigenvalue weighted by molar-refractivity contribution is 5.79. The molecule has 4 nitrogen and oxygen atoms in total. The van der Waals surface area contributed by atoms with Crippen LogP contribution in [-0.4, -0.2) is 45.2 Å². The van der Waals surface area contributed by atoms with Crippen molar-refractivity contribution in [1.82, 2.24) is 5.32 Å². The smallest absolute Gasteiger partial charge is 0.277 e. The zero-order valence-corrected chi connectivity index (χ0v) is 12.1. The molecule has 0 radical (unpaired) electrons. The molecule has 0 bridgehead atoms. The Morgan fingerprint density at radius 2 is 1.95 bits per heavy atom. The van der Waals surface area contributed by atoms with Gasteiger partial charge in [-0.05, 0) is 25.5 Å². The molecule has 1 amide bonds. The summed E-state index contributed by atoms with van der Waals surface area (Å²) in [5.74, 6) is 0.138. The van der Waals surface area contributed by atoms with Crippen LogP contribution in [0.5, 0.6) is 0 Å².